The second-order valence-electron chi connectivity index (χ2n) is 8.35. The molecular weight excluding hydrogens is 552 g/mol. The van der Waals surface area contributed by atoms with Crippen molar-refractivity contribution in [3.8, 4) is 22.8 Å². The number of allylic oxidation sites excluding steroid dienone is 1. The van der Waals surface area contributed by atoms with Crippen LogP contribution in [-0.4, -0.2) is 24.4 Å². The maximum absolute atomic E-state index is 13.9. The Morgan fingerprint density at radius 3 is 2.46 bits per heavy atom. The molecule has 1 aromatic heterocycles. The molecule has 1 N–H and O–H groups in total. The fourth-order valence-electron chi connectivity index (χ4n) is 3.92. The Bertz CT molecular complexity index is 1740. The summed E-state index contributed by atoms with van der Waals surface area (Å²) in [6, 6.07) is 14.6. The number of fused-ring (bicyclic) bond motifs is 1. The van der Waals surface area contributed by atoms with Crippen molar-refractivity contribution in [1.82, 2.24) is 5.32 Å². The molecule has 0 atom stereocenters. The van der Waals surface area contributed by atoms with E-state index in [2.05, 4.69) is 5.32 Å². The van der Waals surface area contributed by atoms with Gasteiger partial charge in [-0.15, -0.1) is 0 Å². The minimum absolute atomic E-state index is 0.0185. The van der Waals surface area contributed by atoms with Gasteiger partial charge in [0.1, 0.15) is 24.5 Å². The van der Waals surface area contributed by atoms with Crippen molar-refractivity contribution in [3.63, 3.8) is 0 Å². The fraction of sp³-hybridized carbons (Fsp3) is 0.107. The molecule has 1 saturated heterocycles. The van der Waals surface area contributed by atoms with E-state index < -0.39 is 28.2 Å². The predicted octanol–water partition coefficient (Wildman–Crippen LogP) is 6.56. The summed E-state index contributed by atoms with van der Waals surface area (Å²) in [6.45, 7) is 1.59. The monoisotopic (exact) mass is 569 g/mol. The molecule has 2 amide bonds. The number of carbonyl (C=O) groups is 2. The lowest BCUT2D eigenvalue weighted by molar-refractivity contribution is -0.115. The largest absolute Gasteiger partial charge is 0.488 e. The lowest BCUT2D eigenvalue weighted by Gasteiger charge is -2.13. The molecule has 0 radical (unpaired) electrons. The molecular formula is C28H18ClF2NO6S. The number of amides is 2. The summed E-state index contributed by atoms with van der Waals surface area (Å²) in [5.74, 6) is -2.49. The van der Waals surface area contributed by atoms with Crippen LogP contribution in [0.2, 0.25) is 5.02 Å². The van der Waals surface area contributed by atoms with E-state index in [1.807, 2.05) is 0 Å². The third-order valence-electron chi connectivity index (χ3n) is 5.85. The number of imide groups is 1. The van der Waals surface area contributed by atoms with E-state index in [1.165, 1.54) is 6.07 Å². The highest BCUT2D eigenvalue weighted by molar-refractivity contribution is 8.18. The molecule has 1 fully saturated rings. The van der Waals surface area contributed by atoms with Gasteiger partial charge < -0.3 is 13.9 Å². The van der Waals surface area contributed by atoms with Gasteiger partial charge in [-0.05, 0) is 72.3 Å². The van der Waals surface area contributed by atoms with Gasteiger partial charge in [0.05, 0.1) is 15.3 Å². The van der Waals surface area contributed by atoms with Crippen molar-refractivity contribution >= 4 is 51.1 Å². The van der Waals surface area contributed by atoms with Crippen molar-refractivity contribution in [3.05, 3.63) is 98.0 Å². The number of hydrogen-bond donors (Lipinski definition) is 1. The maximum atomic E-state index is 13.9. The Morgan fingerprint density at radius 2 is 1.74 bits per heavy atom. The summed E-state index contributed by atoms with van der Waals surface area (Å²) >= 11 is 7.19. The van der Waals surface area contributed by atoms with E-state index in [9.17, 15) is 23.2 Å². The summed E-state index contributed by atoms with van der Waals surface area (Å²) in [5, 5.41) is 2.30. The number of carbonyl (C=O) groups excluding carboxylic acids is 2. The highest BCUT2D eigenvalue weighted by Crippen LogP contribution is 2.35. The van der Waals surface area contributed by atoms with Crippen LogP contribution in [0.15, 0.2) is 74.8 Å². The number of rotatable bonds is 7. The average Bonchev–Trinajstić information content (AvgIpc) is 3.26. The highest BCUT2D eigenvalue weighted by atomic mass is 35.5. The molecule has 7 nitrogen and oxygen atoms in total. The zero-order valence-electron chi connectivity index (χ0n) is 20.2. The first-order valence-corrected chi connectivity index (χ1v) is 12.7. The standard InChI is InChI=1S/C28H18ClF2NO6S/c1-14(26-27(34)32-28(35)39-26)15-7-9-22(18(29)12-15)36-10-11-37-25-23(33)17-4-2-3-5-21(17)38-24(25)16-6-8-19(30)20(31)13-16/h2-9,12-13H,10-11H2,1H3,(H,32,34,35). The quantitative estimate of drug-likeness (QED) is 0.199. The molecule has 11 heteroatoms. The van der Waals surface area contributed by atoms with Gasteiger partial charge in [0.2, 0.25) is 11.2 Å². The third kappa shape index (κ3) is 5.39. The number of ether oxygens (including phenoxy) is 2. The Hall–Kier alpha value is -4.15. The predicted molar refractivity (Wildman–Crippen MR) is 144 cm³/mol. The van der Waals surface area contributed by atoms with Crippen LogP contribution in [0.5, 0.6) is 11.5 Å². The summed E-state index contributed by atoms with van der Waals surface area (Å²) < 4.78 is 44.7. The van der Waals surface area contributed by atoms with Crippen molar-refractivity contribution in [1.29, 1.82) is 0 Å². The topological polar surface area (TPSA) is 94.8 Å². The van der Waals surface area contributed by atoms with Crippen LogP contribution in [0, 0.1) is 11.6 Å². The lowest BCUT2D eigenvalue weighted by atomic mass is 10.1. The Kier molecular flexibility index (Phi) is 7.40. The maximum Gasteiger partial charge on any atom is 0.290 e. The van der Waals surface area contributed by atoms with Crippen LogP contribution in [0.4, 0.5) is 13.6 Å². The molecule has 1 aliphatic rings. The van der Waals surface area contributed by atoms with Crippen LogP contribution in [-0.2, 0) is 4.79 Å². The molecule has 0 bridgehead atoms. The first kappa shape index (κ1) is 26.5. The minimum atomic E-state index is -1.10. The van der Waals surface area contributed by atoms with Crippen LogP contribution in [0.25, 0.3) is 27.9 Å². The third-order valence-corrected chi connectivity index (χ3v) is 7.13. The first-order valence-electron chi connectivity index (χ1n) is 11.5. The van der Waals surface area contributed by atoms with E-state index in [4.69, 9.17) is 25.5 Å². The molecule has 5 rings (SSSR count). The molecule has 4 aromatic rings. The van der Waals surface area contributed by atoms with Gasteiger partial charge in [0.15, 0.2) is 17.4 Å². The van der Waals surface area contributed by atoms with Gasteiger partial charge in [-0.2, -0.15) is 0 Å². The van der Waals surface area contributed by atoms with Gasteiger partial charge in [-0.3, -0.25) is 19.7 Å². The smallest absolute Gasteiger partial charge is 0.290 e. The zero-order valence-corrected chi connectivity index (χ0v) is 21.8. The van der Waals surface area contributed by atoms with Crippen LogP contribution in [0.3, 0.4) is 0 Å². The van der Waals surface area contributed by atoms with Gasteiger partial charge in [-0.25, -0.2) is 8.78 Å². The van der Waals surface area contributed by atoms with Gasteiger partial charge in [0.25, 0.3) is 11.1 Å². The van der Waals surface area contributed by atoms with Gasteiger partial charge in [-0.1, -0.05) is 29.8 Å². The van der Waals surface area contributed by atoms with E-state index in [1.54, 1.807) is 49.4 Å². The van der Waals surface area contributed by atoms with Crippen molar-refractivity contribution in [2.24, 2.45) is 0 Å². The summed E-state index contributed by atoms with van der Waals surface area (Å²) in [6.07, 6.45) is 0. The average molecular weight is 570 g/mol. The highest BCUT2D eigenvalue weighted by Gasteiger charge is 2.27. The van der Waals surface area contributed by atoms with Crippen molar-refractivity contribution < 1.29 is 32.3 Å². The molecule has 198 valence electrons. The van der Waals surface area contributed by atoms with Crippen molar-refractivity contribution in [2.45, 2.75) is 6.92 Å². The summed E-state index contributed by atoms with van der Waals surface area (Å²) in [5.41, 5.74) is 1.15. The Morgan fingerprint density at radius 1 is 0.974 bits per heavy atom. The van der Waals surface area contributed by atoms with E-state index in [-0.39, 0.29) is 46.3 Å². The van der Waals surface area contributed by atoms with Gasteiger partial charge in [0, 0.05) is 5.56 Å². The number of halogens is 3. The second-order valence-corrected chi connectivity index (χ2v) is 9.74. The van der Waals surface area contributed by atoms with Crippen LogP contribution < -0.4 is 20.2 Å². The molecule has 0 saturated carbocycles. The zero-order chi connectivity index (χ0) is 27.7. The molecule has 3 aromatic carbocycles. The molecule has 0 spiro atoms. The number of hydrogen-bond acceptors (Lipinski definition) is 7. The SMILES string of the molecule is CC(=C1SC(=O)NC1=O)c1ccc(OCCOc2c(-c3ccc(F)c(F)c3)oc3ccccc3c2=O)c(Cl)c1. The minimum Gasteiger partial charge on any atom is -0.488 e. The first-order chi connectivity index (χ1) is 18.7. The summed E-state index contributed by atoms with van der Waals surface area (Å²) in [7, 11) is 0. The van der Waals surface area contributed by atoms with E-state index in [0.29, 0.717) is 21.8 Å². The molecule has 39 heavy (non-hydrogen) atoms. The Labute approximate surface area is 229 Å². The van der Waals surface area contributed by atoms with Crippen LogP contribution >= 0.6 is 23.4 Å². The van der Waals surface area contributed by atoms with Crippen LogP contribution in [0.1, 0.15) is 12.5 Å². The molecule has 1 aliphatic heterocycles. The van der Waals surface area contributed by atoms with E-state index in [0.717, 1.165) is 23.9 Å². The van der Waals surface area contributed by atoms with Gasteiger partial charge >= 0.3 is 0 Å². The number of thioether (sulfide) groups is 1. The fourth-order valence-corrected chi connectivity index (χ4v) is 4.90. The second kappa shape index (κ2) is 10.9. The Balaban J connectivity index is 1.34. The summed E-state index contributed by atoms with van der Waals surface area (Å²) in [4.78, 5) is 36.9. The molecule has 2 heterocycles. The number of para-hydroxylation sites is 1. The van der Waals surface area contributed by atoms with Crippen molar-refractivity contribution in [2.75, 3.05) is 13.2 Å². The number of nitrogens with one attached hydrogen (secondary N) is 1. The molecule has 0 aliphatic carbocycles. The normalized spacial score (nSPS) is 14.5. The number of benzene rings is 3. The molecule has 0 unspecified atom stereocenters. The van der Waals surface area contributed by atoms with E-state index >= 15 is 0 Å². The lowest BCUT2D eigenvalue weighted by Crippen LogP contribution is -2.18.